The summed E-state index contributed by atoms with van der Waals surface area (Å²) in [5.41, 5.74) is 11.3. The summed E-state index contributed by atoms with van der Waals surface area (Å²) in [5.74, 6) is 0.264. The zero-order valence-corrected chi connectivity index (χ0v) is 8.73. The molecule has 5 heteroatoms. The van der Waals surface area contributed by atoms with Gasteiger partial charge in [-0.3, -0.25) is 4.79 Å². The minimum Gasteiger partial charge on any atom is -0.397 e. The third-order valence-electron chi connectivity index (χ3n) is 2.42. The van der Waals surface area contributed by atoms with E-state index in [1.54, 1.807) is 6.07 Å². The molecule has 1 saturated carbocycles. The van der Waals surface area contributed by atoms with Gasteiger partial charge in [-0.1, -0.05) is 6.92 Å². The average molecular weight is 211 g/mol. The van der Waals surface area contributed by atoms with Crippen molar-refractivity contribution in [2.45, 2.75) is 19.4 Å². The SMILES string of the molecule is CC1CC1Nc1cc(N)c(C(N)=O)s1. The van der Waals surface area contributed by atoms with Crippen LogP contribution in [-0.2, 0) is 0 Å². The number of carbonyl (C=O) groups is 1. The van der Waals surface area contributed by atoms with Crippen LogP contribution < -0.4 is 16.8 Å². The molecule has 0 aromatic carbocycles. The molecule has 0 spiro atoms. The number of hydrogen-bond donors (Lipinski definition) is 3. The second kappa shape index (κ2) is 3.16. The molecule has 14 heavy (non-hydrogen) atoms. The highest BCUT2D eigenvalue weighted by atomic mass is 32.1. The fourth-order valence-electron chi connectivity index (χ4n) is 1.37. The number of amides is 1. The van der Waals surface area contributed by atoms with Crippen molar-refractivity contribution < 1.29 is 4.79 Å². The lowest BCUT2D eigenvalue weighted by Crippen LogP contribution is -2.10. The number of primary amides is 1. The van der Waals surface area contributed by atoms with E-state index in [1.807, 2.05) is 0 Å². The molecule has 2 rings (SSSR count). The summed E-state index contributed by atoms with van der Waals surface area (Å²) in [4.78, 5) is 11.4. The summed E-state index contributed by atoms with van der Waals surface area (Å²) in [6.07, 6.45) is 1.18. The molecule has 1 aliphatic carbocycles. The average Bonchev–Trinajstić information content (AvgIpc) is 2.60. The summed E-state index contributed by atoms with van der Waals surface area (Å²) in [7, 11) is 0. The van der Waals surface area contributed by atoms with Crippen molar-refractivity contribution in [3.8, 4) is 0 Å². The largest absolute Gasteiger partial charge is 0.397 e. The van der Waals surface area contributed by atoms with Crippen LogP contribution in [0.5, 0.6) is 0 Å². The first-order valence-corrected chi connectivity index (χ1v) is 5.35. The van der Waals surface area contributed by atoms with Crippen molar-refractivity contribution in [3.05, 3.63) is 10.9 Å². The lowest BCUT2D eigenvalue weighted by atomic mass is 10.4. The van der Waals surface area contributed by atoms with Gasteiger partial charge in [0.25, 0.3) is 5.91 Å². The molecule has 1 aromatic rings. The van der Waals surface area contributed by atoms with Gasteiger partial charge in [0.05, 0.1) is 10.7 Å². The topological polar surface area (TPSA) is 81.1 Å². The molecule has 76 valence electrons. The van der Waals surface area contributed by atoms with E-state index in [9.17, 15) is 4.79 Å². The van der Waals surface area contributed by atoms with Gasteiger partial charge < -0.3 is 16.8 Å². The molecular formula is C9H13N3OS. The van der Waals surface area contributed by atoms with Crippen LogP contribution in [0, 0.1) is 5.92 Å². The van der Waals surface area contributed by atoms with Gasteiger partial charge in [0.15, 0.2) is 0 Å². The quantitative estimate of drug-likeness (QED) is 0.703. The zero-order chi connectivity index (χ0) is 10.3. The Morgan fingerprint density at radius 2 is 2.36 bits per heavy atom. The number of nitrogens with two attached hydrogens (primary N) is 2. The monoisotopic (exact) mass is 211 g/mol. The van der Waals surface area contributed by atoms with Crippen molar-refractivity contribution in [1.29, 1.82) is 0 Å². The molecule has 2 atom stereocenters. The van der Waals surface area contributed by atoms with Crippen molar-refractivity contribution >= 4 is 27.9 Å². The van der Waals surface area contributed by atoms with Gasteiger partial charge in [0, 0.05) is 6.04 Å². The maximum atomic E-state index is 10.9. The molecule has 1 aromatic heterocycles. The van der Waals surface area contributed by atoms with E-state index >= 15 is 0 Å². The number of hydrogen-bond acceptors (Lipinski definition) is 4. The third kappa shape index (κ3) is 1.68. The van der Waals surface area contributed by atoms with Gasteiger partial charge >= 0.3 is 0 Å². The van der Waals surface area contributed by atoms with E-state index in [-0.39, 0.29) is 0 Å². The van der Waals surface area contributed by atoms with E-state index in [2.05, 4.69) is 12.2 Å². The van der Waals surface area contributed by atoms with Crippen LogP contribution in [-0.4, -0.2) is 11.9 Å². The molecule has 1 fully saturated rings. The molecule has 0 bridgehead atoms. The van der Waals surface area contributed by atoms with Crippen LogP contribution in [0.2, 0.25) is 0 Å². The first-order valence-electron chi connectivity index (χ1n) is 4.53. The Kier molecular flexibility index (Phi) is 2.11. The molecule has 0 radical (unpaired) electrons. The number of nitrogens with one attached hydrogen (secondary N) is 1. The first-order chi connectivity index (χ1) is 6.58. The highest BCUT2D eigenvalue weighted by Gasteiger charge is 2.32. The minimum absolute atomic E-state index is 0.445. The van der Waals surface area contributed by atoms with Gasteiger partial charge in [-0.15, -0.1) is 11.3 Å². The highest BCUT2D eigenvalue weighted by Crippen LogP contribution is 2.36. The van der Waals surface area contributed by atoms with Crippen molar-refractivity contribution in [1.82, 2.24) is 0 Å². The van der Waals surface area contributed by atoms with Crippen LogP contribution in [0.4, 0.5) is 10.7 Å². The lowest BCUT2D eigenvalue weighted by Gasteiger charge is -1.98. The second-order valence-electron chi connectivity index (χ2n) is 3.72. The minimum atomic E-state index is -0.454. The Morgan fingerprint density at radius 1 is 1.71 bits per heavy atom. The fraction of sp³-hybridized carbons (Fsp3) is 0.444. The van der Waals surface area contributed by atoms with Crippen LogP contribution in [0.3, 0.4) is 0 Å². The van der Waals surface area contributed by atoms with E-state index in [0.717, 1.165) is 10.9 Å². The number of carbonyl (C=O) groups excluding carboxylic acids is 1. The standard InChI is InChI=1S/C9H13N3OS/c1-4-2-6(4)12-7-3-5(10)8(14-7)9(11)13/h3-4,6,12H,2,10H2,1H3,(H2,11,13). The van der Waals surface area contributed by atoms with E-state index < -0.39 is 5.91 Å². The Bertz CT molecular complexity index is 374. The smallest absolute Gasteiger partial charge is 0.260 e. The Hall–Kier alpha value is -1.23. The Balaban J connectivity index is 2.12. The summed E-state index contributed by atoms with van der Waals surface area (Å²) in [6, 6.07) is 2.31. The molecule has 1 aliphatic rings. The van der Waals surface area contributed by atoms with Crippen molar-refractivity contribution in [2.24, 2.45) is 11.7 Å². The first kappa shape index (κ1) is 9.33. The summed E-state index contributed by atoms with van der Waals surface area (Å²) >= 11 is 1.33. The molecule has 1 amide bonds. The predicted octanol–water partition coefficient (Wildman–Crippen LogP) is 1.25. The maximum absolute atomic E-state index is 10.9. The van der Waals surface area contributed by atoms with E-state index in [4.69, 9.17) is 11.5 Å². The van der Waals surface area contributed by atoms with Gasteiger partial charge in [0.1, 0.15) is 4.88 Å². The molecule has 2 unspecified atom stereocenters. The molecule has 4 nitrogen and oxygen atoms in total. The molecule has 0 saturated heterocycles. The summed E-state index contributed by atoms with van der Waals surface area (Å²) in [6.45, 7) is 2.18. The van der Waals surface area contributed by atoms with E-state index in [0.29, 0.717) is 16.6 Å². The third-order valence-corrected chi connectivity index (χ3v) is 3.52. The van der Waals surface area contributed by atoms with Gasteiger partial charge in [-0.05, 0) is 18.4 Å². The maximum Gasteiger partial charge on any atom is 0.260 e. The Morgan fingerprint density at radius 3 is 2.79 bits per heavy atom. The second-order valence-corrected chi connectivity index (χ2v) is 4.78. The number of anilines is 2. The van der Waals surface area contributed by atoms with Gasteiger partial charge in [0.2, 0.25) is 0 Å². The van der Waals surface area contributed by atoms with Crippen LogP contribution in [0.25, 0.3) is 0 Å². The Labute approximate surface area is 86.3 Å². The van der Waals surface area contributed by atoms with Gasteiger partial charge in [-0.2, -0.15) is 0 Å². The number of rotatable bonds is 3. The van der Waals surface area contributed by atoms with Crippen LogP contribution in [0.15, 0.2) is 6.07 Å². The molecule has 1 heterocycles. The van der Waals surface area contributed by atoms with Crippen LogP contribution >= 0.6 is 11.3 Å². The normalized spacial score (nSPS) is 24.6. The van der Waals surface area contributed by atoms with E-state index in [1.165, 1.54) is 17.8 Å². The summed E-state index contributed by atoms with van der Waals surface area (Å²) in [5, 5.41) is 4.25. The molecule has 5 N–H and O–H groups in total. The number of nitrogen functional groups attached to an aromatic ring is 1. The summed E-state index contributed by atoms with van der Waals surface area (Å²) < 4.78 is 0. The van der Waals surface area contributed by atoms with Crippen LogP contribution in [0.1, 0.15) is 23.0 Å². The molecule has 0 aliphatic heterocycles. The molecular weight excluding hydrogens is 198 g/mol. The predicted molar refractivity (Wildman–Crippen MR) is 58.4 cm³/mol. The fourth-order valence-corrected chi connectivity index (χ4v) is 2.27. The zero-order valence-electron chi connectivity index (χ0n) is 7.91. The van der Waals surface area contributed by atoms with Crippen molar-refractivity contribution in [2.75, 3.05) is 11.1 Å². The van der Waals surface area contributed by atoms with Gasteiger partial charge in [-0.25, -0.2) is 0 Å². The van der Waals surface area contributed by atoms with Crippen molar-refractivity contribution in [3.63, 3.8) is 0 Å². The highest BCUT2D eigenvalue weighted by molar-refractivity contribution is 7.18. The number of thiophene rings is 1. The lowest BCUT2D eigenvalue weighted by molar-refractivity contribution is 0.100.